The molecule has 0 fully saturated rings. The lowest BCUT2D eigenvalue weighted by Gasteiger charge is -2.23. The zero-order valence-electron chi connectivity index (χ0n) is 16.0. The molecule has 0 aromatic heterocycles. The van der Waals surface area contributed by atoms with E-state index in [1.54, 1.807) is 0 Å². The predicted molar refractivity (Wildman–Crippen MR) is 107 cm³/mol. The van der Waals surface area contributed by atoms with Gasteiger partial charge >= 0.3 is 11.9 Å². The van der Waals surface area contributed by atoms with Gasteiger partial charge in [-0.1, -0.05) is 42.5 Å². The van der Waals surface area contributed by atoms with Crippen molar-refractivity contribution in [1.82, 2.24) is 5.32 Å². The van der Waals surface area contributed by atoms with Crippen molar-refractivity contribution in [3.8, 4) is 11.1 Å². The van der Waals surface area contributed by atoms with E-state index in [0.29, 0.717) is 6.42 Å². The molecule has 0 spiro atoms. The molecule has 0 radical (unpaired) electrons. The maximum absolute atomic E-state index is 12.5. The number of fused-ring (bicyclic) bond motifs is 3. The summed E-state index contributed by atoms with van der Waals surface area (Å²) in [4.78, 5) is 24.2. The third kappa shape index (κ3) is 3.93. The highest BCUT2D eigenvalue weighted by Gasteiger charge is 2.43. The zero-order valence-corrected chi connectivity index (χ0v) is 16.0. The number of nitrogens with two attached hydrogens (primary N) is 1. The molecule has 4 N–H and O–H groups in total. The molecule has 2 aromatic carbocycles. The molecule has 0 saturated heterocycles. The lowest BCUT2D eigenvalue weighted by Crippen LogP contribution is -2.55. The Hall–Kier alpha value is -2.70. The van der Waals surface area contributed by atoms with Crippen molar-refractivity contribution in [2.75, 3.05) is 13.6 Å². The molecule has 0 aliphatic heterocycles. The fraction of sp³-hybridized carbons (Fsp3) is 0.364. The standard InChI is InChI=1S/C22H26N2O4/c1-24-12-5-4-11-22(23,20(25)26)21(27)28-14-16-8-6-10-18-17-9-3-2-7-15(17)13-19(16)18/h2-3,6-10,24H,4-5,11-14,23H2,1H3,(H,25,26). The van der Waals surface area contributed by atoms with Crippen molar-refractivity contribution in [3.63, 3.8) is 0 Å². The molecule has 28 heavy (non-hydrogen) atoms. The summed E-state index contributed by atoms with van der Waals surface area (Å²) in [6, 6.07) is 14.1. The number of nitrogens with one attached hydrogen (secondary N) is 1. The first-order valence-corrected chi connectivity index (χ1v) is 9.50. The Kier molecular flexibility index (Phi) is 6.11. The normalized spacial score (nSPS) is 14.1. The van der Waals surface area contributed by atoms with E-state index in [0.717, 1.165) is 36.1 Å². The number of hydrogen-bond donors (Lipinski definition) is 3. The van der Waals surface area contributed by atoms with Crippen molar-refractivity contribution in [2.45, 2.75) is 37.8 Å². The third-order valence-corrected chi connectivity index (χ3v) is 5.30. The van der Waals surface area contributed by atoms with Crippen molar-refractivity contribution in [1.29, 1.82) is 0 Å². The second kappa shape index (κ2) is 8.54. The van der Waals surface area contributed by atoms with Gasteiger partial charge in [0.25, 0.3) is 0 Å². The summed E-state index contributed by atoms with van der Waals surface area (Å²) < 4.78 is 5.38. The van der Waals surface area contributed by atoms with Gasteiger partial charge in [0.1, 0.15) is 6.61 Å². The maximum Gasteiger partial charge on any atom is 0.338 e. The highest BCUT2D eigenvalue weighted by Crippen LogP contribution is 2.38. The second-order valence-corrected chi connectivity index (χ2v) is 7.19. The summed E-state index contributed by atoms with van der Waals surface area (Å²) in [6.07, 6.45) is 2.08. The highest BCUT2D eigenvalue weighted by molar-refractivity contribution is 6.03. The van der Waals surface area contributed by atoms with Crippen LogP contribution in [0.5, 0.6) is 0 Å². The number of carbonyl (C=O) groups excluding carboxylic acids is 1. The van der Waals surface area contributed by atoms with Gasteiger partial charge in [-0.25, -0.2) is 9.59 Å². The Balaban J connectivity index is 1.70. The highest BCUT2D eigenvalue weighted by atomic mass is 16.5. The minimum Gasteiger partial charge on any atom is -0.479 e. The van der Waals surface area contributed by atoms with Crippen molar-refractivity contribution >= 4 is 11.9 Å². The maximum atomic E-state index is 12.5. The molecule has 0 saturated carbocycles. The lowest BCUT2D eigenvalue weighted by molar-refractivity contribution is -0.162. The fourth-order valence-corrected chi connectivity index (χ4v) is 3.63. The van der Waals surface area contributed by atoms with E-state index < -0.39 is 17.5 Å². The first kappa shape index (κ1) is 20.0. The van der Waals surface area contributed by atoms with Gasteiger partial charge in [-0.2, -0.15) is 0 Å². The first-order chi connectivity index (χ1) is 13.5. The van der Waals surface area contributed by atoms with Crippen LogP contribution < -0.4 is 11.1 Å². The Bertz CT molecular complexity index is 881. The van der Waals surface area contributed by atoms with E-state index in [4.69, 9.17) is 10.5 Å². The number of ether oxygens (including phenoxy) is 1. The molecular weight excluding hydrogens is 356 g/mol. The number of rotatable bonds is 9. The molecular formula is C22H26N2O4. The number of carboxylic acids is 1. The molecule has 2 aromatic rings. The summed E-state index contributed by atoms with van der Waals surface area (Å²) >= 11 is 0. The Morgan fingerprint density at radius 3 is 2.64 bits per heavy atom. The number of benzene rings is 2. The van der Waals surface area contributed by atoms with Gasteiger partial charge in [0.2, 0.25) is 5.54 Å². The van der Waals surface area contributed by atoms with Crippen LogP contribution in [0.2, 0.25) is 0 Å². The molecule has 0 amide bonds. The van der Waals surface area contributed by atoms with E-state index in [9.17, 15) is 14.7 Å². The van der Waals surface area contributed by atoms with E-state index in [1.165, 1.54) is 11.1 Å². The Morgan fingerprint density at radius 1 is 1.14 bits per heavy atom. The third-order valence-electron chi connectivity index (χ3n) is 5.30. The number of aliphatic carboxylic acids is 1. The number of hydrogen-bond acceptors (Lipinski definition) is 5. The second-order valence-electron chi connectivity index (χ2n) is 7.19. The van der Waals surface area contributed by atoms with E-state index in [2.05, 4.69) is 23.5 Å². The molecule has 1 unspecified atom stereocenters. The summed E-state index contributed by atoms with van der Waals surface area (Å²) in [5, 5.41) is 12.5. The van der Waals surface area contributed by atoms with E-state index >= 15 is 0 Å². The number of carbonyl (C=O) groups is 2. The largest absolute Gasteiger partial charge is 0.479 e. The van der Waals surface area contributed by atoms with Crippen LogP contribution in [-0.2, 0) is 27.4 Å². The van der Waals surface area contributed by atoms with Crippen molar-refractivity contribution < 1.29 is 19.4 Å². The van der Waals surface area contributed by atoms with Crippen LogP contribution in [0.25, 0.3) is 11.1 Å². The average Bonchev–Trinajstić information content (AvgIpc) is 3.08. The summed E-state index contributed by atoms with van der Waals surface area (Å²) in [6.45, 7) is 0.750. The van der Waals surface area contributed by atoms with Crippen LogP contribution >= 0.6 is 0 Å². The van der Waals surface area contributed by atoms with Crippen LogP contribution in [0.3, 0.4) is 0 Å². The van der Waals surface area contributed by atoms with Crippen LogP contribution in [0, 0.1) is 0 Å². The van der Waals surface area contributed by atoms with Crippen molar-refractivity contribution in [3.05, 3.63) is 59.2 Å². The number of unbranched alkanes of at least 4 members (excludes halogenated alkanes) is 1. The number of esters is 1. The van der Waals surface area contributed by atoms with Crippen LogP contribution in [-0.4, -0.2) is 36.2 Å². The Labute approximate surface area is 164 Å². The van der Waals surface area contributed by atoms with Crippen LogP contribution in [0.15, 0.2) is 42.5 Å². The SMILES string of the molecule is CNCCCCC(N)(C(=O)O)C(=O)OCc1cccc2c1Cc1ccccc1-2. The minimum atomic E-state index is -2.02. The van der Waals surface area contributed by atoms with Crippen molar-refractivity contribution in [2.24, 2.45) is 5.73 Å². The van der Waals surface area contributed by atoms with Crippen LogP contribution in [0.4, 0.5) is 0 Å². The molecule has 1 aliphatic carbocycles. The fourth-order valence-electron chi connectivity index (χ4n) is 3.63. The van der Waals surface area contributed by atoms with Gasteiger partial charge in [0, 0.05) is 0 Å². The zero-order chi connectivity index (χ0) is 20.1. The quantitative estimate of drug-likeness (QED) is 0.299. The van der Waals surface area contributed by atoms with Gasteiger partial charge in [0.15, 0.2) is 0 Å². The molecule has 3 rings (SSSR count). The molecule has 1 aliphatic rings. The van der Waals surface area contributed by atoms with Gasteiger partial charge < -0.3 is 20.9 Å². The van der Waals surface area contributed by atoms with Gasteiger partial charge in [-0.05, 0) is 67.1 Å². The predicted octanol–water partition coefficient (Wildman–Crippen LogP) is 2.47. The molecule has 0 bridgehead atoms. The van der Waals surface area contributed by atoms with Gasteiger partial charge in [-0.3, -0.25) is 0 Å². The smallest absolute Gasteiger partial charge is 0.338 e. The van der Waals surface area contributed by atoms with E-state index in [1.807, 2.05) is 31.3 Å². The summed E-state index contributed by atoms with van der Waals surface area (Å²) in [7, 11) is 1.82. The van der Waals surface area contributed by atoms with Gasteiger partial charge in [0.05, 0.1) is 0 Å². The molecule has 148 valence electrons. The van der Waals surface area contributed by atoms with Crippen LogP contribution in [0.1, 0.15) is 36.0 Å². The first-order valence-electron chi connectivity index (χ1n) is 9.50. The molecule has 6 heteroatoms. The lowest BCUT2D eigenvalue weighted by atomic mass is 9.94. The monoisotopic (exact) mass is 382 g/mol. The molecule has 0 heterocycles. The molecule has 1 atom stereocenters. The average molecular weight is 382 g/mol. The summed E-state index contributed by atoms with van der Waals surface area (Å²) in [5.41, 5.74) is 9.45. The number of carboxylic acid groups (broad SMARTS) is 1. The Morgan fingerprint density at radius 2 is 1.89 bits per heavy atom. The van der Waals surface area contributed by atoms with Gasteiger partial charge in [-0.15, -0.1) is 0 Å². The summed E-state index contributed by atoms with van der Waals surface area (Å²) in [5.74, 6) is -2.25. The molecule has 6 nitrogen and oxygen atoms in total. The topological polar surface area (TPSA) is 102 Å². The van der Waals surface area contributed by atoms with E-state index in [-0.39, 0.29) is 13.0 Å². The minimum absolute atomic E-state index is 0.0126.